The van der Waals surface area contributed by atoms with Gasteiger partial charge in [0.15, 0.2) is 0 Å². The van der Waals surface area contributed by atoms with E-state index < -0.39 is 0 Å². The summed E-state index contributed by atoms with van der Waals surface area (Å²) < 4.78 is 5.14. The molecule has 1 amide bonds. The van der Waals surface area contributed by atoms with Crippen LogP contribution in [0.2, 0.25) is 0 Å². The molecule has 5 nitrogen and oxygen atoms in total. The number of rotatable bonds is 4. The van der Waals surface area contributed by atoms with Crippen LogP contribution in [0, 0.1) is 0 Å². The van der Waals surface area contributed by atoms with Crippen molar-refractivity contribution in [2.24, 2.45) is 5.84 Å². The van der Waals surface area contributed by atoms with Gasteiger partial charge in [-0.15, -0.1) is 11.3 Å². The number of nitrogens with zero attached hydrogens (tertiary/aromatic N) is 1. The zero-order valence-electron chi connectivity index (χ0n) is 11.1. The second-order valence-electron chi connectivity index (χ2n) is 4.71. The Labute approximate surface area is 120 Å². The molecule has 0 aliphatic heterocycles. The summed E-state index contributed by atoms with van der Waals surface area (Å²) in [5, 5.41) is 0.841. The first-order chi connectivity index (χ1) is 9.72. The smallest absolute Gasteiger partial charge is 0.277 e. The molecule has 104 valence electrons. The summed E-state index contributed by atoms with van der Waals surface area (Å²) in [5.74, 6) is 6.19. The molecule has 1 aromatic carbocycles. The SMILES string of the molecule is COc1ccc(-c2nc(C3CC3)c(C(=O)NN)s2)cc1. The molecule has 6 heteroatoms. The number of methoxy groups -OCH3 is 1. The minimum Gasteiger partial charge on any atom is -0.497 e. The minimum atomic E-state index is -0.260. The Morgan fingerprint density at radius 3 is 2.65 bits per heavy atom. The van der Waals surface area contributed by atoms with Crippen LogP contribution in [0.5, 0.6) is 5.75 Å². The molecule has 0 spiro atoms. The van der Waals surface area contributed by atoms with Crippen molar-refractivity contribution in [1.29, 1.82) is 0 Å². The Balaban J connectivity index is 1.98. The van der Waals surface area contributed by atoms with Crippen LogP contribution in [-0.2, 0) is 0 Å². The van der Waals surface area contributed by atoms with Crippen LogP contribution in [-0.4, -0.2) is 18.0 Å². The van der Waals surface area contributed by atoms with E-state index in [4.69, 9.17) is 10.6 Å². The summed E-state index contributed by atoms with van der Waals surface area (Å²) >= 11 is 1.38. The van der Waals surface area contributed by atoms with Gasteiger partial charge in [-0.25, -0.2) is 10.8 Å². The number of benzene rings is 1. The highest BCUT2D eigenvalue weighted by Gasteiger charge is 2.32. The zero-order chi connectivity index (χ0) is 14.1. The van der Waals surface area contributed by atoms with E-state index in [1.165, 1.54) is 11.3 Å². The molecule has 1 aliphatic rings. The number of amides is 1. The third-order valence-electron chi connectivity index (χ3n) is 3.29. The number of thiazole rings is 1. The molecule has 0 radical (unpaired) electrons. The topological polar surface area (TPSA) is 77.2 Å². The van der Waals surface area contributed by atoms with Crippen molar-refractivity contribution in [3.8, 4) is 16.3 Å². The van der Waals surface area contributed by atoms with E-state index in [0.29, 0.717) is 10.8 Å². The fourth-order valence-corrected chi connectivity index (χ4v) is 3.11. The molecule has 0 bridgehead atoms. The highest BCUT2D eigenvalue weighted by Crippen LogP contribution is 2.44. The predicted octanol–water partition coefficient (Wildman–Crippen LogP) is 2.30. The number of hydrazine groups is 1. The van der Waals surface area contributed by atoms with Gasteiger partial charge in [-0.05, 0) is 37.1 Å². The van der Waals surface area contributed by atoms with Gasteiger partial charge >= 0.3 is 0 Å². The van der Waals surface area contributed by atoms with Crippen LogP contribution < -0.4 is 16.0 Å². The van der Waals surface area contributed by atoms with E-state index in [9.17, 15) is 4.79 Å². The number of nitrogen functional groups attached to an aromatic ring is 1. The number of hydrogen-bond donors (Lipinski definition) is 2. The van der Waals surface area contributed by atoms with Gasteiger partial charge in [0.1, 0.15) is 15.6 Å². The van der Waals surface area contributed by atoms with Crippen molar-refractivity contribution >= 4 is 17.2 Å². The molecule has 3 N–H and O–H groups in total. The zero-order valence-corrected chi connectivity index (χ0v) is 11.9. The van der Waals surface area contributed by atoms with Gasteiger partial charge in [0.25, 0.3) is 5.91 Å². The summed E-state index contributed by atoms with van der Waals surface area (Å²) in [6.07, 6.45) is 2.19. The van der Waals surface area contributed by atoms with Gasteiger partial charge in [-0.2, -0.15) is 0 Å². The summed E-state index contributed by atoms with van der Waals surface area (Å²) in [6.45, 7) is 0. The minimum absolute atomic E-state index is 0.260. The van der Waals surface area contributed by atoms with E-state index in [-0.39, 0.29) is 5.91 Å². The normalized spacial score (nSPS) is 14.1. The van der Waals surface area contributed by atoms with Crippen LogP contribution in [0.4, 0.5) is 0 Å². The number of hydrogen-bond acceptors (Lipinski definition) is 5. The summed E-state index contributed by atoms with van der Waals surface area (Å²) in [6, 6.07) is 7.66. The molecular weight excluding hydrogens is 274 g/mol. The van der Waals surface area contributed by atoms with Crippen molar-refractivity contribution < 1.29 is 9.53 Å². The average Bonchev–Trinajstić information content (AvgIpc) is 3.25. The molecule has 20 heavy (non-hydrogen) atoms. The molecule has 2 aromatic rings. The Morgan fingerprint density at radius 2 is 2.10 bits per heavy atom. The lowest BCUT2D eigenvalue weighted by Crippen LogP contribution is -2.29. The van der Waals surface area contributed by atoms with Crippen LogP contribution in [0.3, 0.4) is 0 Å². The van der Waals surface area contributed by atoms with E-state index >= 15 is 0 Å². The fraction of sp³-hybridized carbons (Fsp3) is 0.286. The van der Waals surface area contributed by atoms with E-state index in [1.54, 1.807) is 7.11 Å². The molecule has 1 saturated carbocycles. The van der Waals surface area contributed by atoms with Crippen molar-refractivity contribution in [1.82, 2.24) is 10.4 Å². The Hall–Kier alpha value is -1.92. The first-order valence-electron chi connectivity index (χ1n) is 6.39. The molecule has 0 unspecified atom stereocenters. The van der Waals surface area contributed by atoms with Gasteiger partial charge in [0.05, 0.1) is 12.8 Å². The molecule has 1 fully saturated rings. The molecule has 1 aromatic heterocycles. The predicted molar refractivity (Wildman–Crippen MR) is 77.7 cm³/mol. The van der Waals surface area contributed by atoms with Gasteiger partial charge in [-0.3, -0.25) is 10.2 Å². The summed E-state index contributed by atoms with van der Waals surface area (Å²) in [5.41, 5.74) is 4.06. The maximum Gasteiger partial charge on any atom is 0.277 e. The van der Waals surface area contributed by atoms with Gasteiger partial charge in [-0.1, -0.05) is 0 Å². The molecule has 1 aliphatic carbocycles. The summed E-state index contributed by atoms with van der Waals surface area (Å²) in [7, 11) is 1.63. The largest absolute Gasteiger partial charge is 0.497 e. The van der Waals surface area contributed by atoms with E-state index in [2.05, 4.69) is 10.4 Å². The highest BCUT2D eigenvalue weighted by atomic mass is 32.1. The third kappa shape index (κ3) is 2.39. The first-order valence-corrected chi connectivity index (χ1v) is 7.20. The van der Waals surface area contributed by atoms with Crippen molar-refractivity contribution in [2.45, 2.75) is 18.8 Å². The molecule has 1 heterocycles. The third-order valence-corrected chi connectivity index (χ3v) is 4.41. The number of aromatic nitrogens is 1. The molecule has 3 rings (SSSR count). The average molecular weight is 289 g/mol. The number of carbonyl (C=O) groups excluding carboxylic acids is 1. The van der Waals surface area contributed by atoms with Gasteiger partial charge in [0, 0.05) is 11.5 Å². The summed E-state index contributed by atoms with van der Waals surface area (Å²) in [4.78, 5) is 17.1. The Kier molecular flexibility index (Phi) is 3.42. The maximum absolute atomic E-state index is 11.8. The number of nitrogens with one attached hydrogen (secondary N) is 1. The molecule has 0 saturated heterocycles. The first kappa shape index (κ1) is 13.1. The van der Waals surface area contributed by atoms with E-state index in [1.807, 2.05) is 24.3 Å². The number of ether oxygens (including phenoxy) is 1. The second kappa shape index (κ2) is 5.22. The quantitative estimate of drug-likeness (QED) is 0.514. The van der Waals surface area contributed by atoms with Crippen LogP contribution in [0.15, 0.2) is 24.3 Å². The van der Waals surface area contributed by atoms with Crippen molar-refractivity contribution in [2.75, 3.05) is 7.11 Å². The maximum atomic E-state index is 11.8. The Bertz CT molecular complexity index is 632. The van der Waals surface area contributed by atoms with Gasteiger partial charge < -0.3 is 4.74 Å². The lowest BCUT2D eigenvalue weighted by atomic mass is 10.2. The second-order valence-corrected chi connectivity index (χ2v) is 5.71. The van der Waals surface area contributed by atoms with Crippen LogP contribution in [0.1, 0.15) is 34.1 Å². The lowest BCUT2D eigenvalue weighted by Gasteiger charge is -2.00. The molecular formula is C14H15N3O2S. The van der Waals surface area contributed by atoms with Crippen molar-refractivity contribution in [3.63, 3.8) is 0 Å². The lowest BCUT2D eigenvalue weighted by molar-refractivity contribution is 0.0956. The highest BCUT2D eigenvalue weighted by molar-refractivity contribution is 7.17. The van der Waals surface area contributed by atoms with Gasteiger partial charge in [0.2, 0.25) is 0 Å². The standard InChI is InChI=1S/C14H15N3O2S/c1-19-10-6-4-9(5-7-10)14-16-11(8-2-3-8)12(20-14)13(18)17-15/h4-8H,2-3,15H2,1H3,(H,17,18). The monoisotopic (exact) mass is 289 g/mol. The van der Waals surface area contributed by atoms with Crippen LogP contribution >= 0.6 is 11.3 Å². The van der Waals surface area contributed by atoms with Crippen molar-refractivity contribution in [3.05, 3.63) is 34.8 Å². The number of nitrogens with two attached hydrogens (primary N) is 1. The number of carbonyl (C=O) groups is 1. The van der Waals surface area contributed by atoms with E-state index in [0.717, 1.165) is 34.9 Å². The fourth-order valence-electron chi connectivity index (χ4n) is 2.05. The Morgan fingerprint density at radius 1 is 1.40 bits per heavy atom. The van der Waals surface area contributed by atoms with Crippen LogP contribution in [0.25, 0.3) is 10.6 Å². The molecule has 0 atom stereocenters.